The molecule has 0 rings (SSSR count). The van der Waals surface area contributed by atoms with E-state index in [0.29, 0.717) is 12.2 Å². The molecule has 0 bridgehead atoms. The minimum atomic E-state index is -1.48. The van der Waals surface area contributed by atoms with Crippen LogP contribution in [0.3, 0.4) is 0 Å². The lowest BCUT2D eigenvalue weighted by Crippen LogP contribution is -2.47. The molecule has 0 saturated heterocycles. The van der Waals surface area contributed by atoms with Gasteiger partial charge < -0.3 is 10.8 Å². The smallest absolute Gasteiger partial charge is 0.336 e. The predicted molar refractivity (Wildman–Crippen MR) is 46.4 cm³/mol. The molecule has 0 aliphatic rings. The second-order valence-corrected chi connectivity index (χ2v) is 3.15. The number of thioether (sulfide) groups is 1. The summed E-state index contributed by atoms with van der Waals surface area (Å²) >= 11 is 1.52. The van der Waals surface area contributed by atoms with E-state index in [4.69, 9.17) is 17.3 Å². The molecule has 3 N–H and O–H groups in total. The van der Waals surface area contributed by atoms with Crippen molar-refractivity contribution in [3.05, 3.63) is 0 Å². The van der Waals surface area contributed by atoms with Crippen molar-refractivity contribution in [2.24, 2.45) is 5.73 Å². The maximum atomic E-state index is 10.5. The first-order chi connectivity index (χ1) is 5.06. The Bertz CT molecular complexity index is 187. The molecule has 11 heavy (non-hydrogen) atoms. The molecule has 0 aromatic carbocycles. The van der Waals surface area contributed by atoms with Gasteiger partial charge in [-0.05, 0) is 18.4 Å². The van der Waals surface area contributed by atoms with Crippen molar-refractivity contribution in [2.75, 3.05) is 12.0 Å². The Morgan fingerprint density at radius 3 is 2.73 bits per heavy atom. The molecule has 0 fully saturated rings. The van der Waals surface area contributed by atoms with E-state index in [1.54, 1.807) is 0 Å². The molecule has 0 aliphatic heterocycles. The number of aliphatic carboxylic acids is 1. The first kappa shape index (κ1) is 10.3. The third-order valence-electron chi connectivity index (χ3n) is 1.34. The van der Waals surface area contributed by atoms with Gasteiger partial charge in [-0.1, -0.05) is 5.92 Å². The molecule has 1 atom stereocenters. The van der Waals surface area contributed by atoms with E-state index in [2.05, 4.69) is 5.92 Å². The van der Waals surface area contributed by atoms with Crippen molar-refractivity contribution in [3.63, 3.8) is 0 Å². The van der Waals surface area contributed by atoms with Crippen LogP contribution in [0.25, 0.3) is 0 Å². The van der Waals surface area contributed by atoms with E-state index in [9.17, 15) is 4.79 Å². The van der Waals surface area contributed by atoms with Gasteiger partial charge >= 0.3 is 5.97 Å². The maximum Gasteiger partial charge on any atom is 0.336 e. The lowest BCUT2D eigenvalue weighted by atomic mass is 9.99. The highest BCUT2D eigenvalue weighted by molar-refractivity contribution is 7.98. The van der Waals surface area contributed by atoms with Crippen molar-refractivity contribution in [2.45, 2.75) is 12.0 Å². The van der Waals surface area contributed by atoms with E-state index >= 15 is 0 Å². The molecule has 0 aromatic heterocycles. The maximum absolute atomic E-state index is 10.5. The number of hydrogen-bond donors (Lipinski definition) is 2. The highest BCUT2D eigenvalue weighted by Gasteiger charge is 2.30. The summed E-state index contributed by atoms with van der Waals surface area (Å²) in [7, 11) is 0. The molecule has 0 aromatic rings. The Kier molecular flexibility index (Phi) is 4.01. The average molecular weight is 173 g/mol. The minimum Gasteiger partial charge on any atom is -0.479 e. The molecule has 0 heterocycles. The van der Waals surface area contributed by atoms with Crippen LogP contribution in [0.15, 0.2) is 0 Å². The van der Waals surface area contributed by atoms with Gasteiger partial charge in [0.05, 0.1) is 0 Å². The van der Waals surface area contributed by atoms with Crippen LogP contribution >= 0.6 is 11.8 Å². The summed E-state index contributed by atoms with van der Waals surface area (Å²) in [6.07, 6.45) is 7.16. The summed E-state index contributed by atoms with van der Waals surface area (Å²) in [6.45, 7) is 0. The van der Waals surface area contributed by atoms with Crippen LogP contribution < -0.4 is 5.73 Å². The Morgan fingerprint density at radius 1 is 1.91 bits per heavy atom. The van der Waals surface area contributed by atoms with Crippen molar-refractivity contribution in [1.82, 2.24) is 0 Å². The molecule has 0 saturated carbocycles. The third-order valence-corrected chi connectivity index (χ3v) is 1.95. The zero-order valence-corrected chi connectivity index (χ0v) is 7.15. The van der Waals surface area contributed by atoms with Gasteiger partial charge in [-0.3, -0.25) is 0 Å². The lowest BCUT2D eigenvalue weighted by Gasteiger charge is -2.16. The molecular weight excluding hydrogens is 162 g/mol. The zero-order valence-electron chi connectivity index (χ0n) is 6.33. The van der Waals surface area contributed by atoms with Crippen molar-refractivity contribution >= 4 is 17.7 Å². The van der Waals surface area contributed by atoms with Gasteiger partial charge in [0.2, 0.25) is 0 Å². The monoisotopic (exact) mass is 173 g/mol. The van der Waals surface area contributed by atoms with Crippen LogP contribution in [0.1, 0.15) is 6.42 Å². The van der Waals surface area contributed by atoms with Crippen molar-refractivity contribution in [1.29, 1.82) is 0 Å². The normalized spacial score (nSPS) is 15.0. The van der Waals surface area contributed by atoms with Gasteiger partial charge in [-0.15, -0.1) is 6.42 Å². The number of carboxylic acids is 1. The lowest BCUT2D eigenvalue weighted by molar-refractivity contribution is -0.141. The Morgan fingerprint density at radius 2 is 2.45 bits per heavy atom. The van der Waals surface area contributed by atoms with Crippen LogP contribution in [0.2, 0.25) is 0 Å². The summed E-state index contributed by atoms with van der Waals surface area (Å²) < 4.78 is 0. The molecular formula is C7H11NO2S. The van der Waals surface area contributed by atoms with E-state index in [1.807, 2.05) is 6.26 Å². The van der Waals surface area contributed by atoms with Crippen LogP contribution in [0.5, 0.6) is 0 Å². The van der Waals surface area contributed by atoms with E-state index in [1.165, 1.54) is 11.8 Å². The number of hydrogen-bond acceptors (Lipinski definition) is 3. The van der Waals surface area contributed by atoms with Crippen LogP contribution in [-0.2, 0) is 4.79 Å². The Labute approximate surface area is 70.3 Å². The van der Waals surface area contributed by atoms with Crippen molar-refractivity contribution in [3.8, 4) is 12.3 Å². The van der Waals surface area contributed by atoms with E-state index in [0.717, 1.165) is 0 Å². The molecule has 0 radical (unpaired) electrons. The predicted octanol–water partition coefficient (Wildman–Crippen LogP) is 0.155. The van der Waals surface area contributed by atoms with Gasteiger partial charge in [0.1, 0.15) is 0 Å². The molecule has 0 amide bonds. The van der Waals surface area contributed by atoms with Crippen molar-refractivity contribution < 1.29 is 9.90 Å². The average Bonchev–Trinajstić information content (AvgIpc) is 2.00. The van der Waals surface area contributed by atoms with Gasteiger partial charge in [-0.2, -0.15) is 11.8 Å². The fourth-order valence-electron chi connectivity index (χ4n) is 0.504. The first-order valence-corrected chi connectivity index (χ1v) is 4.45. The topological polar surface area (TPSA) is 63.3 Å². The summed E-state index contributed by atoms with van der Waals surface area (Å²) in [5, 5.41) is 8.58. The van der Waals surface area contributed by atoms with Gasteiger partial charge in [0.15, 0.2) is 5.54 Å². The fourth-order valence-corrected chi connectivity index (χ4v) is 1.03. The SMILES string of the molecule is C#CC(N)(CCSC)C(=O)O. The highest BCUT2D eigenvalue weighted by Crippen LogP contribution is 2.09. The van der Waals surface area contributed by atoms with E-state index < -0.39 is 11.5 Å². The van der Waals surface area contributed by atoms with Crippen LogP contribution in [0, 0.1) is 12.3 Å². The molecule has 4 heteroatoms. The van der Waals surface area contributed by atoms with E-state index in [-0.39, 0.29) is 0 Å². The highest BCUT2D eigenvalue weighted by atomic mass is 32.2. The van der Waals surface area contributed by atoms with Gasteiger partial charge in [-0.25, -0.2) is 4.79 Å². The number of nitrogens with two attached hydrogens (primary N) is 1. The number of rotatable bonds is 4. The summed E-state index contributed by atoms with van der Waals surface area (Å²) in [5.41, 5.74) is 3.89. The van der Waals surface area contributed by atoms with Gasteiger partial charge in [0, 0.05) is 0 Å². The number of carbonyl (C=O) groups is 1. The zero-order chi connectivity index (χ0) is 8.91. The standard InChI is InChI=1S/C7H11NO2S/c1-3-7(8,6(9)10)4-5-11-2/h1H,4-5,8H2,2H3,(H,9,10). The summed E-state index contributed by atoms with van der Waals surface area (Å²) in [6, 6.07) is 0. The molecule has 1 unspecified atom stereocenters. The number of carboxylic acid groups (broad SMARTS) is 1. The molecule has 0 aliphatic carbocycles. The summed E-state index contributed by atoms with van der Waals surface area (Å²) in [4.78, 5) is 10.5. The van der Waals surface area contributed by atoms with Crippen LogP contribution in [-0.4, -0.2) is 28.6 Å². The Balaban J connectivity index is 4.14. The Hall–Kier alpha value is -0.660. The number of terminal acetylenes is 1. The summed E-state index contributed by atoms with van der Waals surface area (Å²) in [5.74, 6) is 1.61. The second kappa shape index (κ2) is 4.27. The fraction of sp³-hybridized carbons (Fsp3) is 0.571. The minimum absolute atomic E-state index is 0.306. The molecule has 0 spiro atoms. The third kappa shape index (κ3) is 2.83. The first-order valence-electron chi connectivity index (χ1n) is 3.06. The molecule has 62 valence electrons. The van der Waals surface area contributed by atoms with Crippen LogP contribution in [0.4, 0.5) is 0 Å². The quantitative estimate of drug-likeness (QED) is 0.594. The van der Waals surface area contributed by atoms with Gasteiger partial charge in [0.25, 0.3) is 0 Å². The second-order valence-electron chi connectivity index (χ2n) is 2.16. The largest absolute Gasteiger partial charge is 0.479 e. The molecule has 3 nitrogen and oxygen atoms in total.